The Morgan fingerprint density at radius 1 is 0.632 bits per heavy atom. The van der Waals surface area contributed by atoms with Gasteiger partial charge in [0, 0.05) is 0 Å². The number of nitrogens with zero attached hydrogens (tertiary/aromatic N) is 2. The highest BCUT2D eigenvalue weighted by Gasteiger charge is 2.60. The van der Waals surface area contributed by atoms with E-state index in [0.29, 0.717) is 10.7 Å². The average Bonchev–Trinajstić information content (AvgIpc) is 3.44. The molecule has 2 heterocycles. The number of hydrogen-bond acceptors (Lipinski definition) is 4. The van der Waals surface area contributed by atoms with Crippen LogP contribution in [0.25, 0.3) is 21.5 Å². The minimum absolute atomic E-state index is 0.269. The minimum Gasteiger partial charge on any atom is -0.273 e. The van der Waals surface area contributed by atoms with Crippen LogP contribution in [-0.2, 0) is 14.4 Å². The maximum Gasteiger partial charge on any atom is 0.266 e. The molecule has 5 nitrogen and oxygen atoms in total. The molecule has 0 radical (unpaired) electrons. The molecule has 7 heteroatoms. The fourth-order valence-electron chi connectivity index (χ4n) is 5.75. The lowest BCUT2D eigenvalue weighted by atomic mass is 9.84. The highest BCUT2D eigenvalue weighted by atomic mass is 35.5. The summed E-state index contributed by atoms with van der Waals surface area (Å²) >= 11 is 12.4. The van der Waals surface area contributed by atoms with Gasteiger partial charge >= 0.3 is 0 Å². The molecule has 0 aromatic heterocycles. The van der Waals surface area contributed by atoms with E-state index in [1.165, 1.54) is 11.0 Å². The molecule has 2 fully saturated rings. The molecule has 38 heavy (non-hydrogen) atoms. The first-order valence-corrected chi connectivity index (χ1v) is 13.0. The number of imide groups is 1. The molecule has 3 atom stereocenters. The van der Waals surface area contributed by atoms with Crippen LogP contribution in [0.1, 0.15) is 11.6 Å². The van der Waals surface area contributed by atoms with Gasteiger partial charge in [-0.1, -0.05) is 89.9 Å². The van der Waals surface area contributed by atoms with Crippen LogP contribution in [-0.4, -0.2) is 17.9 Å². The van der Waals surface area contributed by atoms with E-state index in [1.54, 1.807) is 17.2 Å². The second kappa shape index (κ2) is 8.84. The van der Waals surface area contributed by atoms with Gasteiger partial charge in [0.2, 0.25) is 5.91 Å². The summed E-state index contributed by atoms with van der Waals surface area (Å²) in [5.41, 5.74) is 2.10. The van der Waals surface area contributed by atoms with Crippen molar-refractivity contribution in [1.82, 2.24) is 0 Å². The number of carbonyl (C=O) groups is 2. The summed E-state index contributed by atoms with van der Waals surface area (Å²) in [5.74, 6) is -1.53. The topological polar surface area (TPSA) is 49.9 Å². The van der Waals surface area contributed by atoms with Gasteiger partial charge in [-0.2, -0.15) is 0 Å². The van der Waals surface area contributed by atoms with Crippen molar-refractivity contribution < 1.29 is 14.4 Å². The van der Waals surface area contributed by atoms with Crippen molar-refractivity contribution in [3.8, 4) is 0 Å². The second-order valence-electron chi connectivity index (χ2n) is 9.50. The molecule has 2 amide bonds. The maximum absolute atomic E-state index is 14.1. The van der Waals surface area contributed by atoms with Crippen LogP contribution in [0.15, 0.2) is 103 Å². The van der Waals surface area contributed by atoms with E-state index in [9.17, 15) is 9.59 Å². The number of fused-ring (bicyclic) bond motifs is 3. The quantitative estimate of drug-likeness (QED) is 0.178. The summed E-state index contributed by atoms with van der Waals surface area (Å²) in [6.07, 6.45) is -0.986. The molecule has 0 aliphatic carbocycles. The lowest BCUT2D eigenvalue weighted by Gasteiger charge is -2.30. The Morgan fingerprint density at radius 3 is 1.92 bits per heavy atom. The molecule has 2 aliphatic heterocycles. The Labute approximate surface area is 228 Å². The zero-order valence-electron chi connectivity index (χ0n) is 19.9. The Balaban J connectivity index is 1.46. The van der Waals surface area contributed by atoms with E-state index in [1.807, 2.05) is 54.6 Å². The van der Waals surface area contributed by atoms with Gasteiger partial charge in [0.15, 0.2) is 6.10 Å². The molecule has 5 aromatic carbocycles. The van der Waals surface area contributed by atoms with Gasteiger partial charge in [-0.15, -0.1) is 0 Å². The van der Waals surface area contributed by atoms with E-state index in [4.69, 9.17) is 28.0 Å². The fourth-order valence-corrected chi connectivity index (χ4v) is 6.04. The third-order valence-corrected chi connectivity index (χ3v) is 8.14. The Morgan fingerprint density at radius 2 is 1.26 bits per heavy atom. The molecule has 2 aliphatic rings. The zero-order valence-corrected chi connectivity index (χ0v) is 21.4. The van der Waals surface area contributed by atoms with Crippen molar-refractivity contribution >= 4 is 67.9 Å². The Hall–Kier alpha value is -3.90. The molecule has 5 aromatic rings. The lowest BCUT2D eigenvalue weighted by Crippen LogP contribution is -2.37. The van der Waals surface area contributed by atoms with Gasteiger partial charge in [0.25, 0.3) is 5.91 Å². The van der Waals surface area contributed by atoms with Gasteiger partial charge in [-0.25, -0.2) is 9.96 Å². The van der Waals surface area contributed by atoms with Crippen molar-refractivity contribution in [1.29, 1.82) is 0 Å². The number of halogens is 2. The van der Waals surface area contributed by atoms with Gasteiger partial charge in [-0.05, 0) is 63.5 Å². The monoisotopic (exact) mass is 538 g/mol. The molecule has 0 spiro atoms. The summed E-state index contributed by atoms with van der Waals surface area (Å²) in [5, 5.41) is 6.48. The van der Waals surface area contributed by atoms with Crippen LogP contribution >= 0.6 is 23.2 Å². The average molecular weight is 539 g/mol. The Kier molecular flexibility index (Phi) is 5.41. The van der Waals surface area contributed by atoms with Crippen LogP contribution in [0.3, 0.4) is 0 Å². The van der Waals surface area contributed by atoms with Crippen molar-refractivity contribution in [2.45, 2.75) is 12.1 Å². The first kappa shape index (κ1) is 23.2. The summed E-state index contributed by atoms with van der Waals surface area (Å²) in [6.45, 7) is 0. The molecule has 186 valence electrons. The molecule has 7 rings (SSSR count). The normalized spacial score (nSPS) is 21.1. The summed E-state index contributed by atoms with van der Waals surface area (Å²) in [7, 11) is 0. The SMILES string of the molecule is O=C1C2ON(c3ccccc3)C(c3c4ccccc4cc4ccccc34)C2C(=O)N1c1ccc(Cl)c(Cl)c1. The van der Waals surface area contributed by atoms with E-state index in [2.05, 4.69) is 30.3 Å². The van der Waals surface area contributed by atoms with E-state index >= 15 is 0 Å². The number of hydroxylamine groups is 1. The molecule has 0 saturated carbocycles. The number of carbonyl (C=O) groups excluding carboxylic acids is 2. The molecular formula is C31H20Cl2N2O3. The number of benzene rings is 5. The molecule has 0 N–H and O–H groups in total. The second-order valence-corrected chi connectivity index (χ2v) is 10.3. The Bertz CT molecular complexity index is 1700. The molecule has 2 saturated heterocycles. The predicted molar refractivity (Wildman–Crippen MR) is 150 cm³/mol. The highest BCUT2D eigenvalue weighted by Crippen LogP contribution is 2.51. The van der Waals surface area contributed by atoms with E-state index < -0.39 is 24.0 Å². The number of amides is 2. The van der Waals surface area contributed by atoms with E-state index in [-0.39, 0.29) is 10.9 Å². The predicted octanol–water partition coefficient (Wildman–Crippen LogP) is 7.35. The molecule has 0 bridgehead atoms. The standard InChI is InChI=1S/C31H20Cl2N2O3/c32-24-15-14-21(17-25(24)33)34-30(36)27-28(35(38-29(27)31(34)37)20-10-2-1-3-11-20)26-22-12-6-4-8-18(22)16-19-9-5-7-13-23(19)26/h1-17,27-29H. The van der Waals surface area contributed by atoms with Gasteiger partial charge in [0.1, 0.15) is 5.92 Å². The molecule has 3 unspecified atom stereocenters. The van der Waals surface area contributed by atoms with Gasteiger partial charge in [0.05, 0.1) is 27.5 Å². The van der Waals surface area contributed by atoms with Crippen LogP contribution < -0.4 is 9.96 Å². The smallest absolute Gasteiger partial charge is 0.266 e. The van der Waals surface area contributed by atoms with Gasteiger partial charge < -0.3 is 0 Å². The van der Waals surface area contributed by atoms with Crippen molar-refractivity contribution in [3.63, 3.8) is 0 Å². The van der Waals surface area contributed by atoms with Gasteiger partial charge in [-0.3, -0.25) is 14.4 Å². The number of rotatable bonds is 3. The minimum atomic E-state index is -0.986. The van der Waals surface area contributed by atoms with Crippen molar-refractivity contribution in [2.75, 3.05) is 9.96 Å². The van der Waals surface area contributed by atoms with E-state index in [0.717, 1.165) is 32.8 Å². The van der Waals surface area contributed by atoms with Crippen LogP contribution in [0, 0.1) is 5.92 Å². The first-order chi connectivity index (χ1) is 18.5. The van der Waals surface area contributed by atoms with Crippen LogP contribution in [0.5, 0.6) is 0 Å². The third-order valence-electron chi connectivity index (χ3n) is 7.40. The number of anilines is 2. The zero-order chi connectivity index (χ0) is 26.0. The summed E-state index contributed by atoms with van der Waals surface area (Å²) in [6, 6.07) is 32.2. The molecular weight excluding hydrogens is 519 g/mol. The highest BCUT2D eigenvalue weighted by molar-refractivity contribution is 6.42. The number of para-hydroxylation sites is 1. The van der Waals surface area contributed by atoms with Crippen LogP contribution in [0.4, 0.5) is 11.4 Å². The van der Waals surface area contributed by atoms with Crippen molar-refractivity contribution in [3.05, 3.63) is 119 Å². The summed E-state index contributed by atoms with van der Waals surface area (Å²) in [4.78, 5) is 35.5. The maximum atomic E-state index is 14.1. The third kappa shape index (κ3) is 3.43. The largest absolute Gasteiger partial charge is 0.273 e. The fraction of sp³-hybridized carbons (Fsp3) is 0.0968. The lowest BCUT2D eigenvalue weighted by molar-refractivity contribution is -0.126. The van der Waals surface area contributed by atoms with Crippen LogP contribution in [0.2, 0.25) is 10.0 Å². The summed E-state index contributed by atoms with van der Waals surface area (Å²) < 4.78 is 0. The number of hydrogen-bond donors (Lipinski definition) is 0. The first-order valence-electron chi connectivity index (χ1n) is 12.3. The van der Waals surface area contributed by atoms with Crippen molar-refractivity contribution in [2.24, 2.45) is 5.92 Å².